The van der Waals surface area contributed by atoms with E-state index in [0.29, 0.717) is 18.4 Å². The molecule has 6 N–H and O–H groups in total. The zero-order valence-corrected chi connectivity index (χ0v) is 37.0. The molecule has 0 fully saturated rings. The van der Waals surface area contributed by atoms with Crippen molar-refractivity contribution < 1.29 is 34.8 Å². The molecule has 0 aliphatic carbocycles. The van der Waals surface area contributed by atoms with E-state index in [0.717, 1.165) is 28.5 Å². The Labute approximate surface area is 371 Å². The lowest BCUT2D eigenvalue weighted by Gasteiger charge is -2.21. The molecule has 0 saturated carbocycles. The van der Waals surface area contributed by atoms with Crippen molar-refractivity contribution in [2.45, 2.75) is 59.9 Å². The largest absolute Gasteiger partial charge is 0.481 e. The van der Waals surface area contributed by atoms with Crippen molar-refractivity contribution in [2.75, 3.05) is 13.2 Å². The second-order valence-corrected chi connectivity index (χ2v) is 16.3. The number of hydrogen-bond donors (Lipinski definition) is 5. The van der Waals surface area contributed by atoms with E-state index < -0.39 is 29.5 Å². The van der Waals surface area contributed by atoms with Gasteiger partial charge in [-0.05, 0) is 133 Å². The molecular formula is C55H59NO7. The monoisotopic (exact) mass is 845 g/mol. The van der Waals surface area contributed by atoms with Gasteiger partial charge in [-0.15, -0.1) is 0 Å². The van der Waals surface area contributed by atoms with Crippen LogP contribution in [0, 0.1) is 33.1 Å². The number of aldehydes is 1. The van der Waals surface area contributed by atoms with Crippen LogP contribution in [0.25, 0.3) is 46.6 Å². The zero-order chi connectivity index (χ0) is 46.2. The van der Waals surface area contributed by atoms with E-state index >= 15 is 0 Å². The lowest BCUT2D eigenvalue weighted by Crippen LogP contribution is -2.48. The molecule has 0 radical (unpaired) electrons. The summed E-state index contributed by atoms with van der Waals surface area (Å²) in [6, 6.07) is 45.5. The van der Waals surface area contributed by atoms with Crippen LogP contribution in [0.1, 0.15) is 80.7 Å². The fourth-order valence-electron chi connectivity index (χ4n) is 6.57. The van der Waals surface area contributed by atoms with Gasteiger partial charge in [0, 0.05) is 5.56 Å². The SMILES string of the molecule is C[C@](N)(CO)C(=O)O.Cc1ccc(C=O)cc1/C=C/c1cccc(-c2ccccc2)c1C.Cc1ccc(CC[C@@](C)(CO)C(=O)O)cc1/C=C/c1cccc(-c2ccccc2)c1C. The minimum Gasteiger partial charge on any atom is -0.481 e. The summed E-state index contributed by atoms with van der Waals surface area (Å²) in [6.45, 7) is 10.4. The molecule has 6 aromatic carbocycles. The number of aliphatic hydroxyl groups excluding tert-OH is 2. The van der Waals surface area contributed by atoms with E-state index in [-0.39, 0.29) is 6.61 Å². The number of nitrogens with two attached hydrogens (primary N) is 1. The molecule has 0 aliphatic heterocycles. The van der Waals surface area contributed by atoms with Gasteiger partial charge in [0.25, 0.3) is 0 Å². The first-order valence-corrected chi connectivity index (χ1v) is 20.8. The number of aryl methyl sites for hydroxylation is 3. The summed E-state index contributed by atoms with van der Waals surface area (Å²) in [5, 5.41) is 35.3. The molecule has 0 amide bonds. The number of aliphatic carboxylic acids is 2. The van der Waals surface area contributed by atoms with Crippen LogP contribution in [-0.2, 0) is 16.0 Å². The molecule has 8 nitrogen and oxygen atoms in total. The Morgan fingerprint density at radius 3 is 1.43 bits per heavy atom. The number of carboxylic acids is 2. The number of benzene rings is 6. The normalized spacial score (nSPS) is 12.9. The van der Waals surface area contributed by atoms with Gasteiger partial charge in [-0.3, -0.25) is 14.4 Å². The second-order valence-electron chi connectivity index (χ2n) is 16.3. The van der Waals surface area contributed by atoms with Gasteiger partial charge in [-0.2, -0.15) is 0 Å². The molecule has 2 atom stereocenters. The van der Waals surface area contributed by atoms with Gasteiger partial charge in [0.05, 0.1) is 18.6 Å². The van der Waals surface area contributed by atoms with E-state index in [1.165, 1.54) is 57.0 Å². The summed E-state index contributed by atoms with van der Waals surface area (Å²) in [7, 11) is 0. The number of rotatable bonds is 14. The van der Waals surface area contributed by atoms with Gasteiger partial charge in [-0.25, -0.2) is 0 Å². The van der Waals surface area contributed by atoms with Gasteiger partial charge in [0.1, 0.15) is 11.8 Å². The summed E-state index contributed by atoms with van der Waals surface area (Å²) < 4.78 is 0. The number of carboxylic acid groups (broad SMARTS) is 2. The highest BCUT2D eigenvalue weighted by Gasteiger charge is 2.32. The molecule has 326 valence electrons. The van der Waals surface area contributed by atoms with Crippen LogP contribution in [0.3, 0.4) is 0 Å². The highest BCUT2D eigenvalue weighted by molar-refractivity contribution is 5.82. The Morgan fingerprint density at radius 2 is 1.02 bits per heavy atom. The molecule has 0 saturated heterocycles. The maximum absolute atomic E-state index is 11.4. The first-order chi connectivity index (χ1) is 30.0. The molecule has 8 heteroatoms. The Morgan fingerprint density at radius 1 is 0.556 bits per heavy atom. The van der Waals surface area contributed by atoms with Gasteiger partial charge in [-0.1, -0.05) is 152 Å². The number of carbonyl (C=O) groups is 3. The van der Waals surface area contributed by atoms with Gasteiger partial charge < -0.3 is 26.2 Å². The minimum atomic E-state index is -1.49. The lowest BCUT2D eigenvalue weighted by atomic mass is 9.84. The van der Waals surface area contributed by atoms with Gasteiger partial charge in [0.15, 0.2) is 0 Å². The van der Waals surface area contributed by atoms with E-state index in [9.17, 15) is 24.6 Å². The van der Waals surface area contributed by atoms with E-state index in [1.807, 2.05) is 36.4 Å². The highest BCUT2D eigenvalue weighted by Crippen LogP contribution is 2.29. The van der Waals surface area contributed by atoms with E-state index in [2.05, 4.69) is 149 Å². The van der Waals surface area contributed by atoms with Crippen molar-refractivity contribution in [1.82, 2.24) is 0 Å². The zero-order valence-electron chi connectivity index (χ0n) is 37.0. The molecule has 6 rings (SSSR count). The number of carbonyl (C=O) groups excluding carboxylic acids is 1. The molecular weight excluding hydrogens is 787 g/mol. The Hall–Kier alpha value is -6.71. The number of aliphatic hydroxyl groups is 2. The summed E-state index contributed by atoms with van der Waals surface area (Å²) in [5.74, 6) is -2.16. The van der Waals surface area contributed by atoms with Crippen LogP contribution in [-0.4, -0.2) is 57.4 Å². The average Bonchev–Trinajstić information content (AvgIpc) is 3.29. The molecule has 0 aliphatic rings. The molecule has 0 aromatic heterocycles. The van der Waals surface area contributed by atoms with Crippen LogP contribution >= 0.6 is 0 Å². The van der Waals surface area contributed by atoms with Crippen molar-refractivity contribution in [3.05, 3.63) is 189 Å². The van der Waals surface area contributed by atoms with Crippen molar-refractivity contribution in [1.29, 1.82) is 0 Å². The first-order valence-electron chi connectivity index (χ1n) is 20.8. The highest BCUT2D eigenvalue weighted by atomic mass is 16.4. The Bertz CT molecular complexity index is 2540. The quantitative estimate of drug-likeness (QED) is 0.0535. The molecule has 0 bridgehead atoms. The van der Waals surface area contributed by atoms with Gasteiger partial charge >= 0.3 is 11.9 Å². The Balaban J connectivity index is 0.000000241. The van der Waals surface area contributed by atoms with Crippen molar-refractivity contribution >= 4 is 42.5 Å². The lowest BCUT2D eigenvalue weighted by molar-refractivity contribution is -0.150. The average molecular weight is 846 g/mol. The van der Waals surface area contributed by atoms with Crippen LogP contribution in [0.2, 0.25) is 0 Å². The summed E-state index contributed by atoms with van der Waals surface area (Å²) in [4.78, 5) is 32.4. The van der Waals surface area contributed by atoms with Crippen molar-refractivity contribution in [3.8, 4) is 22.3 Å². The predicted octanol–water partition coefficient (Wildman–Crippen LogP) is 10.9. The fraction of sp³-hybridized carbons (Fsp3) is 0.218. The smallest absolute Gasteiger partial charge is 0.325 e. The van der Waals surface area contributed by atoms with E-state index in [1.54, 1.807) is 6.92 Å². The molecule has 63 heavy (non-hydrogen) atoms. The fourth-order valence-corrected chi connectivity index (χ4v) is 6.57. The summed E-state index contributed by atoms with van der Waals surface area (Å²) >= 11 is 0. The van der Waals surface area contributed by atoms with Crippen molar-refractivity contribution in [2.24, 2.45) is 11.1 Å². The second kappa shape index (κ2) is 22.9. The van der Waals surface area contributed by atoms with Crippen LogP contribution in [0.15, 0.2) is 133 Å². The van der Waals surface area contributed by atoms with E-state index in [4.69, 9.17) is 15.9 Å². The summed E-state index contributed by atoms with van der Waals surface area (Å²) in [6.07, 6.45) is 10.4. The maximum atomic E-state index is 11.4. The predicted molar refractivity (Wildman–Crippen MR) is 257 cm³/mol. The minimum absolute atomic E-state index is 0.363. The maximum Gasteiger partial charge on any atom is 0.325 e. The van der Waals surface area contributed by atoms with Crippen LogP contribution in [0.5, 0.6) is 0 Å². The van der Waals surface area contributed by atoms with Gasteiger partial charge in [0.2, 0.25) is 0 Å². The Kier molecular flexibility index (Phi) is 17.8. The molecule has 0 spiro atoms. The first kappa shape index (κ1) is 49.0. The summed E-state index contributed by atoms with van der Waals surface area (Å²) in [5.41, 5.74) is 18.5. The third-order valence-electron chi connectivity index (χ3n) is 11.2. The molecule has 0 unspecified atom stereocenters. The van der Waals surface area contributed by atoms with Crippen molar-refractivity contribution in [3.63, 3.8) is 0 Å². The topological polar surface area (TPSA) is 158 Å². The molecule has 6 aromatic rings. The molecule has 0 heterocycles. The van der Waals surface area contributed by atoms with Crippen LogP contribution in [0.4, 0.5) is 0 Å². The third-order valence-corrected chi connectivity index (χ3v) is 11.2. The third kappa shape index (κ3) is 13.6. The standard InChI is InChI=1S/C28H30O3.C23H20O.C4H9NO3/c1-20-12-13-22(16-17-28(3,19-29)27(30)31)18-25(20)15-14-23-10-7-11-26(21(23)2)24-8-5-4-6-9-24;1-17-11-12-19(16-24)15-22(17)14-13-20-9-6-10-23(18(20)2)21-7-4-3-5-8-21;1-4(5,2-6)3(7)8/h4-15,18,29H,16-17,19H2,1-3H3,(H,30,31);3-16H,1-2H3;6H,2,5H2,1H3,(H,7,8)/b15-14+;14-13+;/t28-;;4-/m0.0/s1. The number of hydrogen-bond acceptors (Lipinski definition) is 6. The van der Waals surface area contributed by atoms with Crippen LogP contribution < -0.4 is 5.73 Å².